The van der Waals surface area contributed by atoms with Gasteiger partial charge in [-0.2, -0.15) is 0 Å². The molecule has 5 nitrogen and oxygen atoms in total. The van der Waals surface area contributed by atoms with Crippen LogP contribution in [0.15, 0.2) is 48.5 Å². The summed E-state index contributed by atoms with van der Waals surface area (Å²) in [5.41, 5.74) is 1.21. The van der Waals surface area contributed by atoms with Gasteiger partial charge in [0.15, 0.2) is 6.61 Å². The number of amides is 1. The molecular weight excluding hydrogens is 330 g/mol. The molecule has 24 heavy (non-hydrogen) atoms. The summed E-state index contributed by atoms with van der Waals surface area (Å²) in [6.07, 6.45) is 0. The maximum atomic E-state index is 11.9. The summed E-state index contributed by atoms with van der Waals surface area (Å²) in [5.74, 6) is -0.281. The molecule has 0 saturated heterocycles. The van der Waals surface area contributed by atoms with Gasteiger partial charge in [-0.15, -0.1) is 0 Å². The fraction of sp³-hybridized carbons (Fsp3) is 0.222. The van der Waals surface area contributed by atoms with E-state index in [9.17, 15) is 9.59 Å². The van der Waals surface area contributed by atoms with Crippen LogP contribution in [-0.4, -0.2) is 25.1 Å². The smallest absolute Gasteiger partial charge is 0.338 e. The Morgan fingerprint density at radius 3 is 2.67 bits per heavy atom. The van der Waals surface area contributed by atoms with Crippen molar-refractivity contribution in [2.45, 2.75) is 13.5 Å². The van der Waals surface area contributed by atoms with Crippen LogP contribution in [0.5, 0.6) is 5.75 Å². The Morgan fingerprint density at radius 2 is 1.92 bits per heavy atom. The van der Waals surface area contributed by atoms with Gasteiger partial charge >= 0.3 is 5.97 Å². The number of esters is 1. The van der Waals surface area contributed by atoms with Gasteiger partial charge in [0.05, 0.1) is 12.2 Å². The van der Waals surface area contributed by atoms with Crippen LogP contribution in [0.4, 0.5) is 0 Å². The fourth-order valence-corrected chi connectivity index (χ4v) is 2.17. The lowest BCUT2D eigenvalue weighted by Crippen LogP contribution is -2.28. The lowest BCUT2D eigenvalue weighted by Gasteiger charge is -2.09. The Morgan fingerprint density at radius 1 is 1.12 bits per heavy atom. The van der Waals surface area contributed by atoms with Gasteiger partial charge in [-0.05, 0) is 36.8 Å². The monoisotopic (exact) mass is 347 g/mol. The van der Waals surface area contributed by atoms with Gasteiger partial charge in [-0.1, -0.05) is 35.9 Å². The Bertz CT molecular complexity index is 718. The maximum absolute atomic E-state index is 11.9. The van der Waals surface area contributed by atoms with Gasteiger partial charge in [-0.3, -0.25) is 4.79 Å². The molecule has 2 aromatic rings. The molecule has 0 aliphatic carbocycles. The summed E-state index contributed by atoms with van der Waals surface area (Å²) in [7, 11) is 0. The summed E-state index contributed by atoms with van der Waals surface area (Å²) in [4.78, 5) is 23.5. The van der Waals surface area contributed by atoms with Gasteiger partial charge in [0.2, 0.25) is 0 Å². The van der Waals surface area contributed by atoms with E-state index in [0.29, 0.717) is 29.5 Å². The molecule has 126 valence electrons. The summed E-state index contributed by atoms with van der Waals surface area (Å²) in [6.45, 7) is 2.21. The lowest BCUT2D eigenvalue weighted by atomic mass is 10.2. The van der Waals surface area contributed by atoms with Crippen molar-refractivity contribution in [2.24, 2.45) is 0 Å². The van der Waals surface area contributed by atoms with Crippen molar-refractivity contribution in [3.05, 3.63) is 64.7 Å². The molecule has 0 aliphatic rings. The summed E-state index contributed by atoms with van der Waals surface area (Å²) >= 11 is 6.03. The van der Waals surface area contributed by atoms with E-state index < -0.39 is 5.97 Å². The van der Waals surface area contributed by atoms with Crippen molar-refractivity contribution in [2.75, 3.05) is 13.2 Å². The number of carbonyl (C=O) groups excluding carboxylic acids is 2. The van der Waals surface area contributed by atoms with Crippen LogP contribution in [-0.2, 0) is 16.1 Å². The van der Waals surface area contributed by atoms with E-state index in [1.807, 2.05) is 18.2 Å². The van der Waals surface area contributed by atoms with E-state index in [4.69, 9.17) is 21.1 Å². The van der Waals surface area contributed by atoms with Crippen molar-refractivity contribution in [1.29, 1.82) is 0 Å². The minimum Gasteiger partial charge on any atom is -0.484 e. The third kappa shape index (κ3) is 5.28. The molecule has 0 radical (unpaired) electrons. The van der Waals surface area contributed by atoms with Crippen molar-refractivity contribution >= 4 is 23.5 Å². The zero-order valence-corrected chi connectivity index (χ0v) is 14.0. The third-order valence-electron chi connectivity index (χ3n) is 3.15. The molecule has 0 heterocycles. The van der Waals surface area contributed by atoms with E-state index in [1.54, 1.807) is 37.3 Å². The highest BCUT2D eigenvalue weighted by atomic mass is 35.5. The number of nitrogens with one attached hydrogen (secondary N) is 1. The van der Waals surface area contributed by atoms with Crippen molar-refractivity contribution in [3.8, 4) is 5.75 Å². The predicted octanol–water partition coefficient (Wildman–Crippen LogP) is 3.21. The minimum absolute atomic E-state index is 0.156. The normalized spacial score (nSPS) is 10.1. The number of benzene rings is 2. The number of hydrogen-bond donors (Lipinski definition) is 1. The Labute approximate surface area is 145 Å². The molecule has 0 unspecified atom stereocenters. The number of hydrogen-bond acceptors (Lipinski definition) is 4. The molecule has 0 spiro atoms. The first-order chi connectivity index (χ1) is 11.6. The largest absolute Gasteiger partial charge is 0.484 e. The lowest BCUT2D eigenvalue weighted by molar-refractivity contribution is -0.123. The van der Waals surface area contributed by atoms with E-state index in [1.165, 1.54) is 0 Å². The quantitative estimate of drug-likeness (QED) is 0.781. The van der Waals surface area contributed by atoms with E-state index >= 15 is 0 Å². The van der Waals surface area contributed by atoms with Crippen LogP contribution in [0, 0.1) is 0 Å². The molecule has 2 aromatic carbocycles. The van der Waals surface area contributed by atoms with Gasteiger partial charge < -0.3 is 14.8 Å². The topological polar surface area (TPSA) is 64.6 Å². The molecule has 6 heteroatoms. The first-order valence-corrected chi connectivity index (χ1v) is 7.88. The van der Waals surface area contributed by atoms with Crippen LogP contribution in [0.2, 0.25) is 5.02 Å². The van der Waals surface area contributed by atoms with Gasteiger partial charge in [0.25, 0.3) is 5.91 Å². The molecule has 1 N–H and O–H groups in total. The molecule has 0 aliphatic heterocycles. The summed E-state index contributed by atoms with van der Waals surface area (Å²) in [6, 6.07) is 13.8. The van der Waals surface area contributed by atoms with Gasteiger partial charge in [0, 0.05) is 11.6 Å². The fourth-order valence-electron chi connectivity index (χ4n) is 1.96. The first kappa shape index (κ1) is 17.8. The molecule has 0 bridgehead atoms. The molecule has 0 fully saturated rings. The van der Waals surface area contributed by atoms with Crippen LogP contribution in [0.3, 0.4) is 0 Å². The van der Waals surface area contributed by atoms with Crippen molar-refractivity contribution in [3.63, 3.8) is 0 Å². The molecule has 0 atom stereocenters. The van der Waals surface area contributed by atoms with E-state index in [0.717, 1.165) is 5.56 Å². The Kier molecular flexibility index (Phi) is 6.63. The van der Waals surface area contributed by atoms with Crippen LogP contribution in [0.1, 0.15) is 22.8 Å². The standard InChI is InChI=1S/C18H18ClNO4/c1-2-23-18(22)13-7-5-8-15(10-13)24-12-17(21)20-11-14-6-3-4-9-16(14)19/h3-10H,2,11-12H2,1H3,(H,20,21). The Balaban J connectivity index is 1.84. The molecule has 0 aromatic heterocycles. The second-order valence-electron chi connectivity index (χ2n) is 4.91. The van der Waals surface area contributed by atoms with Crippen LogP contribution >= 0.6 is 11.6 Å². The highest BCUT2D eigenvalue weighted by molar-refractivity contribution is 6.31. The van der Waals surface area contributed by atoms with Crippen molar-refractivity contribution < 1.29 is 19.1 Å². The number of rotatable bonds is 7. The third-order valence-corrected chi connectivity index (χ3v) is 3.52. The van der Waals surface area contributed by atoms with Crippen molar-refractivity contribution in [1.82, 2.24) is 5.32 Å². The maximum Gasteiger partial charge on any atom is 0.338 e. The highest BCUT2D eigenvalue weighted by Crippen LogP contribution is 2.15. The molecule has 0 saturated carbocycles. The summed E-state index contributed by atoms with van der Waals surface area (Å²) in [5, 5.41) is 3.33. The highest BCUT2D eigenvalue weighted by Gasteiger charge is 2.09. The Hall–Kier alpha value is -2.53. The molecule has 2 rings (SSSR count). The van der Waals surface area contributed by atoms with Crippen LogP contribution < -0.4 is 10.1 Å². The zero-order chi connectivity index (χ0) is 17.4. The summed E-state index contributed by atoms with van der Waals surface area (Å²) < 4.78 is 10.3. The van der Waals surface area contributed by atoms with E-state index in [2.05, 4.69) is 5.32 Å². The number of halogens is 1. The second kappa shape index (κ2) is 8.93. The molecule has 1 amide bonds. The van der Waals surface area contributed by atoms with Crippen LogP contribution in [0.25, 0.3) is 0 Å². The first-order valence-electron chi connectivity index (χ1n) is 7.50. The number of carbonyl (C=O) groups is 2. The SMILES string of the molecule is CCOC(=O)c1cccc(OCC(=O)NCc2ccccc2Cl)c1. The van der Waals surface area contributed by atoms with Gasteiger partial charge in [-0.25, -0.2) is 4.79 Å². The average molecular weight is 348 g/mol. The molecular formula is C18H18ClNO4. The van der Waals surface area contributed by atoms with Gasteiger partial charge in [0.1, 0.15) is 5.75 Å². The van der Waals surface area contributed by atoms with E-state index in [-0.39, 0.29) is 12.5 Å². The number of ether oxygens (including phenoxy) is 2. The predicted molar refractivity (Wildman–Crippen MR) is 91.2 cm³/mol. The minimum atomic E-state index is -0.425. The average Bonchev–Trinajstić information content (AvgIpc) is 2.60. The second-order valence-corrected chi connectivity index (χ2v) is 5.31. The zero-order valence-electron chi connectivity index (χ0n) is 13.3.